The lowest BCUT2D eigenvalue weighted by Gasteiger charge is -2.12. The lowest BCUT2D eigenvalue weighted by atomic mass is 10.2. The van der Waals surface area contributed by atoms with Crippen LogP contribution in [0.1, 0.15) is 19.3 Å². The fourth-order valence-corrected chi connectivity index (χ4v) is 1.62. The number of amides is 1. The number of hydrogen-bond donors (Lipinski definition) is 2. The largest absolute Gasteiger partial charge is 0.352 e. The lowest BCUT2D eigenvalue weighted by Crippen LogP contribution is -2.36. The van der Waals surface area contributed by atoms with Gasteiger partial charge in [0.15, 0.2) is 0 Å². The van der Waals surface area contributed by atoms with Gasteiger partial charge in [-0.1, -0.05) is 0 Å². The van der Waals surface area contributed by atoms with E-state index in [1.54, 1.807) is 0 Å². The fourth-order valence-electron chi connectivity index (χ4n) is 1.62. The van der Waals surface area contributed by atoms with Crippen LogP contribution in [-0.2, 0) is 4.79 Å². The molecule has 4 nitrogen and oxygen atoms in total. The first-order valence-electron chi connectivity index (χ1n) is 4.90. The van der Waals surface area contributed by atoms with Crippen LogP contribution < -0.4 is 11.1 Å². The summed E-state index contributed by atoms with van der Waals surface area (Å²) in [5.74, 6) is 0.144. The third-order valence-electron chi connectivity index (χ3n) is 2.36. The molecule has 0 aliphatic carbocycles. The molecule has 0 aromatic rings. The Morgan fingerprint density at radius 2 is 2.46 bits per heavy atom. The number of likely N-dealkylation sites (tertiary alicyclic amines) is 1. The summed E-state index contributed by atoms with van der Waals surface area (Å²) in [6, 6.07) is 0.357. The number of likely N-dealkylation sites (N-methyl/N-ethyl adjacent to an activating group) is 1. The maximum absolute atomic E-state index is 11.3. The molecule has 1 atom stereocenters. The molecule has 0 aromatic carbocycles. The Kier molecular flexibility index (Phi) is 4.18. The SMILES string of the molecule is CN1CCC(NC(=O)CCCN)C1. The summed E-state index contributed by atoms with van der Waals surface area (Å²) >= 11 is 0. The van der Waals surface area contributed by atoms with Crippen molar-refractivity contribution in [3.8, 4) is 0 Å². The van der Waals surface area contributed by atoms with Crippen molar-refractivity contribution in [1.29, 1.82) is 0 Å². The second-order valence-corrected chi connectivity index (χ2v) is 3.71. The molecule has 1 aliphatic heterocycles. The quantitative estimate of drug-likeness (QED) is 0.623. The van der Waals surface area contributed by atoms with E-state index in [0.717, 1.165) is 25.9 Å². The highest BCUT2D eigenvalue weighted by molar-refractivity contribution is 5.76. The summed E-state index contributed by atoms with van der Waals surface area (Å²) in [6.45, 7) is 2.66. The Morgan fingerprint density at radius 3 is 3.00 bits per heavy atom. The smallest absolute Gasteiger partial charge is 0.220 e. The van der Waals surface area contributed by atoms with Gasteiger partial charge < -0.3 is 16.0 Å². The molecule has 1 saturated heterocycles. The average molecular weight is 185 g/mol. The maximum Gasteiger partial charge on any atom is 0.220 e. The fraction of sp³-hybridized carbons (Fsp3) is 0.889. The summed E-state index contributed by atoms with van der Waals surface area (Å²) in [5.41, 5.74) is 5.32. The highest BCUT2D eigenvalue weighted by Crippen LogP contribution is 2.06. The third kappa shape index (κ3) is 3.74. The Hall–Kier alpha value is -0.610. The lowest BCUT2D eigenvalue weighted by molar-refractivity contribution is -0.121. The van der Waals surface area contributed by atoms with Gasteiger partial charge in [0.1, 0.15) is 0 Å². The van der Waals surface area contributed by atoms with Crippen molar-refractivity contribution in [3.63, 3.8) is 0 Å². The van der Waals surface area contributed by atoms with E-state index in [2.05, 4.69) is 17.3 Å². The predicted molar refractivity (Wildman–Crippen MR) is 52.3 cm³/mol. The molecule has 1 heterocycles. The number of carbonyl (C=O) groups is 1. The number of hydrogen-bond acceptors (Lipinski definition) is 3. The minimum atomic E-state index is 0.144. The summed E-state index contributed by atoms with van der Waals surface area (Å²) in [6.07, 6.45) is 2.43. The molecule has 1 amide bonds. The van der Waals surface area contributed by atoms with Crippen molar-refractivity contribution in [3.05, 3.63) is 0 Å². The Balaban J connectivity index is 2.13. The summed E-state index contributed by atoms with van der Waals surface area (Å²) < 4.78 is 0. The van der Waals surface area contributed by atoms with Crippen LogP contribution in [0.4, 0.5) is 0 Å². The van der Waals surface area contributed by atoms with Gasteiger partial charge in [0.2, 0.25) is 5.91 Å². The number of nitrogens with two attached hydrogens (primary N) is 1. The van der Waals surface area contributed by atoms with Gasteiger partial charge in [-0.05, 0) is 33.0 Å². The Morgan fingerprint density at radius 1 is 1.69 bits per heavy atom. The molecule has 1 rings (SSSR count). The molecule has 13 heavy (non-hydrogen) atoms. The van der Waals surface area contributed by atoms with Gasteiger partial charge in [-0.15, -0.1) is 0 Å². The van der Waals surface area contributed by atoms with Gasteiger partial charge >= 0.3 is 0 Å². The van der Waals surface area contributed by atoms with Gasteiger partial charge in [0.05, 0.1) is 0 Å². The van der Waals surface area contributed by atoms with Crippen molar-refractivity contribution in [1.82, 2.24) is 10.2 Å². The van der Waals surface area contributed by atoms with Gasteiger partial charge in [-0.3, -0.25) is 4.79 Å². The zero-order valence-corrected chi connectivity index (χ0v) is 8.25. The molecule has 1 fully saturated rings. The average Bonchev–Trinajstić information content (AvgIpc) is 2.48. The molecule has 0 aromatic heterocycles. The van der Waals surface area contributed by atoms with E-state index in [4.69, 9.17) is 5.73 Å². The van der Waals surface area contributed by atoms with E-state index in [9.17, 15) is 4.79 Å². The molecule has 76 valence electrons. The molecule has 0 bridgehead atoms. The minimum absolute atomic E-state index is 0.144. The zero-order chi connectivity index (χ0) is 9.68. The van der Waals surface area contributed by atoms with Gasteiger partial charge in [-0.25, -0.2) is 0 Å². The van der Waals surface area contributed by atoms with Crippen molar-refractivity contribution in [2.75, 3.05) is 26.7 Å². The predicted octanol–water partition coefficient (Wildman–Crippen LogP) is -0.454. The van der Waals surface area contributed by atoms with E-state index in [0.29, 0.717) is 19.0 Å². The van der Waals surface area contributed by atoms with Crippen LogP contribution in [0.5, 0.6) is 0 Å². The summed E-state index contributed by atoms with van der Waals surface area (Å²) in [7, 11) is 2.08. The first-order chi connectivity index (χ1) is 6.22. The second kappa shape index (κ2) is 5.19. The van der Waals surface area contributed by atoms with Crippen LogP contribution in [-0.4, -0.2) is 43.5 Å². The van der Waals surface area contributed by atoms with Gasteiger partial charge in [0, 0.05) is 19.0 Å². The first-order valence-corrected chi connectivity index (χ1v) is 4.90. The third-order valence-corrected chi connectivity index (χ3v) is 2.36. The highest BCUT2D eigenvalue weighted by atomic mass is 16.1. The monoisotopic (exact) mass is 185 g/mol. The highest BCUT2D eigenvalue weighted by Gasteiger charge is 2.20. The molecule has 4 heteroatoms. The van der Waals surface area contributed by atoms with Gasteiger partial charge in [-0.2, -0.15) is 0 Å². The maximum atomic E-state index is 11.3. The number of nitrogens with zero attached hydrogens (tertiary/aromatic N) is 1. The molecule has 0 spiro atoms. The van der Waals surface area contributed by atoms with Gasteiger partial charge in [0.25, 0.3) is 0 Å². The van der Waals surface area contributed by atoms with E-state index >= 15 is 0 Å². The van der Waals surface area contributed by atoms with Crippen molar-refractivity contribution in [2.24, 2.45) is 5.73 Å². The van der Waals surface area contributed by atoms with E-state index in [1.165, 1.54) is 0 Å². The Labute approximate surface area is 79.5 Å². The summed E-state index contributed by atoms with van der Waals surface area (Å²) in [4.78, 5) is 13.5. The zero-order valence-electron chi connectivity index (χ0n) is 8.25. The molecular formula is C9H19N3O. The van der Waals surface area contributed by atoms with Crippen LogP contribution in [0.2, 0.25) is 0 Å². The molecular weight excluding hydrogens is 166 g/mol. The van der Waals surface area contributed by atoms with Crippen LogP contribution >= 0.6 is 0 Å². The normalized spacial score (nSPS) is 23.4. The molecule has 1 unspecified atom stereocenters. The first kappa shape index (κ1) is 10.5. The molecule has 0 radical (unpaired) electrons. The van der Waals surface area contributed by atoms with Crippen molar-refractivity contribution >= 4 is 5.91 Å². The topological polar surface area (TPSA) is 58.4 Å². The molecule has 1 aliphatic rings. The van der Waals surface area contributed by atoms with E-state index in [-0.39, 0.29) is 5.91 Å². The minimum Gasteiger partial charge on any atom is -0.352 e. The molecule has 0 saturated carbocycles. The van der Waals surface area contributed by atoms with Crippen LogP contribution in [0.25, 0.3) is 0 Å². The van der Waals surface area contributed by atoms with Crippen LogP contribution in [0, 0.1) is 0 Å². The van der Waals surface area contributed by atoms with Crippen molar-refractivity contribution < 1.29 is 4.79 Å². The second-order valence-electron chi connectivity index (χ2n) is 3.71. The van der Waals surface area contributed by atoms with Crippen molar-refractivity contribution in [2.45, 2.75) is 25.3 Å². The number of rotatable bonds is 4. The van der Waals surface area contributed by atoms with Crippen LogP contribution in [0.3, 0.4) is 0 Å². The molecule has 3 N–H and O–H groups in total. The van der Waals surface area contributed by atoms with E-state index in [1.807, 2.05) is 0 Å². The number of carbonyl (C=O) groups excluding carboxylic acids is 1. The Bertz CT molecular complexity index is 172. The van der Waals surface area contributed by atoms with Crippen LogP contribution in [0.15, 0.2) is 0 Å². The van der Waals surface area contributed by atoms with E-state index < -0.39 is 0 Å². The number of nitrogens with one attached hydrogen (secondary N) is 1. The standard InChI is InChI=1S/C9H19N3O/c1-12-6-4-8(7-12)11-9(13)3-2-5-10/h8H,2-7,10H2,1H3,(H,11,13). The summed E-state index contributed by atoms with van der Waals surface area (Å²) in [5, 5.41) is 3.01.